The fourth-order valence-corrected chi connectivity index (χ4v) is 1.39. The van der Waals surface area contributed by atoms with Gasteiger partial charge in [-0.05, 0) is 31.7 Å². The summed E-state index contributed by atoms with van der Waals surface area (Å²) in [6.45, 7) is 1.64. The molecule has 1 aromatic rings. The van der Waals surface area contributed by atoms with E-state index in [2.05, 4.69) is 10.1 Å². The number of halogens is 2. The highest BCUT2D eigenvalue weighted by Crippen LogP contribution is 2.23. The van der Waals surface area contributed by atoms with Crippen LogP contribution in [0.5, 0.6) is 5.75 Å². The fourth-order valence-electron chi connectivity index (χ4n) is 1.39. The Hall–Kier alpha value is -1.69. The van der Waals surface area contributed by atoms with Crippen LogP contribution in [0.1, 0.15) is 12.5 Å². The summed E-state index contributed by atoms with van der Waals surface area (Å²) in [5.74, 6) is -2.92. The zero-order chi connectivity index (χ0) is 13.5. The van der Waals surface area contributed by atoms with E-state index in [0.29, 0.717) is 12.1 Å². The summed E-state index contributed by atoms with van der Waals surface area (Å²) in [6, 6.07) is 2.31. The van der Waals surface area contributed by atoms with Crippen molar-refractivity contribution < 1.29 is 23.0 Å². The minimum absolute atomic E-state index is 0.189. The summed E-state index contributed by atoms with van der Waals surface area (Å²) in [5.41, 5.74) is 0.455. The van der Waals surface area contributed by atoms with Crippen molar-refractivity contribution in [2.75, 3.05) is 20.3 Å². The molecule has 1 aromatic carbocycles. The van der Waals surface area contributed by atoms with Gasteiger partial charge in [0.15, 0.2) is 24.0 Å². The maximum atomic E-state index is 13.5. The first-order valence-electron chi connectivity index (χ1n) is 5.49. The second-order valence-corrected chi connectivity index (χ2v) is 3.51. The number of ether oxygens (including phenoxy) is 2. The zero-order valence-corrected chi connectivity index (χ0v) is 10.3. The van der Waals surface area contributed by atoms with Crippen LogP contribution in [0.15, 0.2) is 12.1 Å². The van der Waals surface area contributed by atoms with Gasteiger partial charge in [-0.1, -0.05) is 0 Å². The number of rotatable bonds is 6. The predicted molar refractivity (Wildman–Crippen MR) is 61.2 cm³/mol. The molecule has 0 fully saturated rings. The molecule has 4 nitrogen and oxygen atoms in total. The van der Waals surface area contributed by atoms with Crippen molar-refractivity contribution in [2.45, 2.75) is 13.5 Å². The smallest absolute Gasteiger partial charge is 0.344 e. The van der Waals surface area contributed by atoms with E-state index in [1.165, 1.54) is 0 Å². The van der Waals surface area contributed by atoms with Crippen molar-refractivity contribution >= 4 is 5.97 Å². The van der Waals surface area contributed by atoms with Gasteiger partial charge < -0.3 is 14.8 Å². The number of benzene rings is 1. The zero-order valence-electron chi connectivity index (χ0n) is 10.3. The van der Waals surface area contributed by atoms with Crippen molar-refractivity contribution in [2.24, 2.45) is 0 Å². The summed E-state index contributed by atoms with van der Waals surface area (Å²) in [4.78, 5) is 11.0. The lowest BCUT2D eigenvalue weighted by molar-refractivity contribution is -0.145. The highest BCUT2D eigenvalue weighted by Gasteiger charge is 2.14. The number of nitrogens with one attached hydrogen (secondary N) is 1. The molecule has 18 heavy (non-hydrogen) atoms. The van der Waals surface area contributed by atoms with Crippen LogP contribution >= 0.6 is 0 Å². The van der Waals surface area contributed by atoms with Gasteiger partial charge in [0.25, 0.3) is 0 Å². The average Bonchev–Trinajstić information content (AvgIpc) is 2.28. The monoisotopic (exact) mass is 259 g/mol. The lowest BCUT2D eigenvalue weighted by Gasteiger charge is -2.09. The Kier molecular flexibility index (Phi) is 5.51. The first kappa shape index (κ1) is 14.4. The van der Waals surface area contributed by atoms with Crippen molar-refractivity contribution in [3.8, 4) is 5.75 Å². The van der Waals surface area contributed by atoms with Crippen LogP contribution in [-0.2, 0) is 16.1 Å². The quantitative estimate of drug-likeness (QED) is 0.789. The van der Waals surface area contributed by atoms with Crippen molar-refractivity contribution in [3.63, 3.8) is 0 Å². The standard InChI is InChI=1S/C12H15F2NO3/c1-3-17-11(16)7-18-12-9(13)4-8(6-15-2)5-10(12)14/h4-5,15H,3,6-7H2,1-2H3. The molecule has 0 aromatic heterocycles. The third kappa shape index (κ3) is 3.96. The Morgan fingerprint density at radius 3 is 2.44 bits per heavy atom. The normalized spacial score (nSPS) is 10.2. The van der Waals surface area contributed by atoms with E-state index in [-0.39, 0.29) is 6.61 Å². The predicted octanol–water partition coefficient (Wildman–Crippen LogP) is 1.63. The van der Waals surface area contributed by atoms with Gasteiger partial charge >= 0.3 is 5.97 Å². The van der Waals surface area contributed by atoms with Crippen molar-refractivity contribution in [1.29, 1.82) is 0 Å². The maximum Gasteiger partial charge on any atom is 0.344 e. The number of carbonyl (C=O) groups excluding carboxylic acids is 1. The molecule has 0 saturated heterocycles. The van der Waals surface area contributed by atoms with E-state index in [4.69, 9.17) is 4.74 Å². The Morgan fingerprint density at radius 2 is 1.94 bits per heavy atom. The molecular formula is C12H15F2NO3. The highest BCUT2D eigenvalue weighted by molar-refractivity contribution is 5.71. The summed E-state index contributed by atoms with van der Waals surface area (Å²) in [5, 5.41) is 2.78. The van der Waals surface area contributed by atoms with E-state index in [9.17, 15) is 13.6 Å². The third-order valence-electron chi connectivity index (χ3n) is 2.08. The molecule has 0 aliphatic heterocycles. The van der Waals surface area contributed by atoms with Crippen LogP contribution in [0.3, 0.4) is 0 Å². The number of hydrogen-bond donors (Lipinski definition) is 1. The Bertz CT molecular complexity index is 401. The Labute approximate surface area is 104 Å². The number of hydrogen-bond acceptors (Lipinski definition) is 4. The molecule has 0 saturated carbocycles. The van der Waals surface area contributed by atoms with Gasteiger partial charge in [-0.15, -0.1) is 0 Å². The minimum atomic E-state index is -0.843. The molecule has 0 radical (unpaired) electrons. The van der Waals surface area contributed by atoms with E-state index in [1.54, 1.807) is 14.0 Å². The van der Waals surface area contributed by atoms with Gasteiger partial charge in [-0.2, -0.15) is 0 Å². The van der Waals surface area contributed by atoms with Crippen molar-refractivity contribution in [1.82, 2.24) is 5.32 Å². The van der Waals surface area contributed by atoms with E-state index in [1.807, 2.05) is 0 Å². The summed E-state index contributed by atoms with van der Waals surface area (Å²) >= 11 is 0. The summed E-state index contributed by atoms with van der Waals surface area (Å²) in [7, 11) is 1.67. The van der Waals surface area contributed by atoms with Crippen molar-refractivity contribution in [3.05, 3.63) is 29.3 Å². The van der Waals surface area contributed by atoms with E-state index < -0.39 is 30.0 Å². The van der Waals surface area contributed by atoms with Crippen LogP contribution in [0, 0.1) is 11.6 Å². The Balaban J connectivity index is 2.74. The molecule has 0 spiro atoms. The molecule has 0 aliphatic rings. The van der Waals surface area contributed by atoms with Gasteiger partial charge in [-0.25, -0.2) is 13.6 Å². The third-order valence-corrected chi connectivity index (χ3v) is 2.08. The van der Waals surface area contributed by atoms with Crippen LogP contribution in [-0.4, -0.2) is 26.2 Å². The minimum Gasteiger partial charge on any atom is -0.476 e. The van der Waals surface area contributed by atoms with Gasteiger partial charge in [-0.3, -0.25) is 0 Å². The summed E-state index contributed by atoms with van der Waals surface area (Å²) in [6.07, 6.45) is 0. The highest BCUT2D eigenvalue weighted by atomic mass is 19.1. The first-order chi connectivity index (χ1) is 8.58. The second kappa shape index (κ2) is 6.90. The molecule has 0 bridgehead atoms. The molecular weight excluding hydrogens is 244 g/mol. The number of esters is 1. The molecule has 0 heterocycles. The average molecular weight is 259 g/mol. The molecule has 0 amide bonds. The second-order valence-electron chi connectivity index (χ2n) is 3.51. The topological polar surface area (TPSA) is 47.6 Å². The van der Waals surface area contributed by atoms with E-state index in [0.717, 1.165) is 12.1 Å². The number of carbonyl (C=O) groups is 1. The van der Waals surface area contributed by atoms with E-state index >= 15 is 0 Å². The molecule has 100 valence electrons. The molecule has 0 unspecified atom stereocenters. The Morgan fingerprint density at radius 1 is 1.33 bits per heavy atom. The van der Waals surface area contributed by atoms with Crippen LogP contribution in [0.25, 0.3) is 0 Å². The van der Waals surface area contributed by atoms with Crippen LogP contribution in [0.2, 0.25) is 0 Å². The SMILES string of the molecule is CCOC(=O)COc1c(F)cc(CNC)cc1F. The fraction of sp³-hybridized carbons (Fsp3) is 0.417. The lowest BCUT2D eigenvalue weighted by Crippen LogP contribution is -2.16. The lowest BCUT2D eigenvalue weighted by atomic mass is 10.2. The molecule has 1 N–H and O–H groups in total. The molecule has 1 rings (SSSR count). The maximum absolute atomic E-state index is 13.5. The molecule has 6 heteroatoms. The van der Waals surface area contributed by atoms with Gasteiger partial charge in [0, 0.05) is 6.54 Å². The van der Waals surface area contributed by atoms with Crippen LogP contribution < -0.4 is 10.1 Å². The van der Waals surface area contributed by atoms with Gasteiger partial charge in [0.2, 0.25) is 0 Å². The van der Waals surface area contributed by atoms with Crippen LogP contribution in [0.4, 0.5) is 8.78 Å². The first-order valence-corrected chi connectivity index (χ1v) is 5.49. The van der Waals surface area contributed by atoms with Gasteiger partial charge in [0.05, 0.1) is 6.61 Å². The largest absolute Gasteiger partial charge is 0.476 e. The van der Waals surface area contributed by atoms with Gasteiger partial charge in [0.1, 0.15) is 0 Å². The molecule has 0 aliphatic carbocycles. The molecule has 0 atom stereocenters. The summed E-state index contributed by atoms with van der Waals surface area (Å²) < 4.78 is 36.4.